The van der Waals surface area contributed by atoms with Gasteiger partial charge in [-0.05, 0) is 36.8 Å². The van der Waals surface area contributed by atoms with Gasteiger partial charge in [-0.3, -0.25) is 4.79 Å². The number of fused-ring (bicyclic) bond motifs is 2. The predicted molar refractivity (Wildman–Crippen MR) is 131 cm³/mol. The van der Waals surface area contributed by atoms with Gasteiger partial charge in [0.25, 0.3) is 0 Å². The van der Waals surface area contributed by atoms with Gasteiger partial charge in [0.2, 0.25) is 5.91 Å². The number of carbonyl (C=O) groups is 1. The number of nitrogens with zero attached hydrogens (tertiary/aromatic N) is 2. The van der Waals surface area contributed by atoms with E-state index in [-0.39, 0.29) is 5.91 Å². The van der Waals surface area contributed by atoms with Gasteiger partial charge in [0, 0.05) is 37.1 Å². The summed E-state index contributed by atoms with van der Waals surface area (Å²) in [6.45, 7) is 2.14. The number of aromatic amines is 1. The summed E-state index contributed by atoms with van der Waals surface area (Å²) in [4.78, 5) is 24.9. The van der Waals surface area contributed by atoms with E-state index in [0.29, 0.717) is 12.8 Å². The molecular formula is C24H24N4OS2. The van der Waals surface area contributed by atoms with Crippen LogP contribution in [0.2, 0.25) is 0 Å². The third kappa shape index (κ3) is 5.87. The van der Waals surface area contributed by atoms with Crippen LogP contribution < -0.4 is 5.32 Å². The summed E-state index contributed by atoms with van der Waals surface area (Å²) in [5.41, 5.74) is 3.68. The van der Waals surface area contributed by atoms with Crippen molar-refractivity contribution in [3.8, 4) is 11.8 Å². The zero-order valence-corrected chi connectivity index (χ0v) is 19.0. The van der Waals surface area contributed by atoms with Crippen LogP contribution in [0.4, 0.5) is 5.69 Å². The van der Waals surface area contributed by atoms with Crippen LogP contribution in [0.3, 0.4) is 0 Å². The molecule has 2 aromatic carbocycles. The maximum Gasteiger partial charge on any atom is 0.224 e. The molecule has 0 unspecified atom stereocenters. The third-order valence-electron chi connectivity index (χ3n) is 4.63. The number of nitrogens with one attached hydrogen (secondary N) is 2. The van der Waals surface area contributed by atoms with Gasteiger partial charge in [0.1, 0.15) is 5.82 Å². The summed E-state index contributed by atoms with van der Waals surface area (Å²) in [6, 6.07) is 13.8. The molecular weight excluding hydrogens is 424 g/mol. The molecule has 0 fully saturated rings. The molecule has 0 spiro atoms. The molecule has 0 aliphatic heterocycles. The SMILES string of the molecule is CCCC#CCCSc1nc2ccc(NC(=O)CCc3nc4ccccc4[nH]3)cc2s1. The number of aromatic nitrogens is 3. The van der Waals surface area contributed by atoms with E-state index in [1.165, 1.54) is 0 Å². The van der Waals surface area contributed by atoms with Gasteiger partial charge >= 0.3 is 0 Å². The fourth-order valence-electron chi connectivity index (χ4n) is 3.11. The Labute approximate surface area is 190 Å². The lowest BCUT2D eigenvalue weighted by Crippen LogP contribution is -2.12. The maximum atomic E-state index is 12.4. The highest BCUT2D eigenvalue weighted by Gasteiger charge is 2.09. The Morgan fingerprint density at radius 2 is 2.00 bits per heavy atom. The van der Waals surface area contributed by atoms with Crippen molar-refractivity contribution in [3.05, 3.63) is 48.3 Å². The van der Waals surface area contributed by atoms with Crippen LogP contribution in [0.1, 0.15) is 38.4 Å². The average molecular weight is 449 g/mol. The molecule has 2 heterocycles. The van der Waals surface area contributed by atoms with Crippen LogP contribution in [-0.2, 0) is 11.2 Å². The van der Waals surface area contributed by atoms with E-state index >= 15 is 0 Å². The summed E-state index contributed by atoms with van der Waals surface area (Å²) in [5, 5.41) is 2.99. The molecule has 31 heavy (non-hydrogen) atoms. The Bertz CT molecular complexity index is 1220. The fraction of sp³-hybridized carbons (Fsp3) is 0.292. The van der Waals surface area contributed by atoms with Crippen LogP contribution in [-0.4, -0.2) is 26.6 Å². The number of para-hydroxylation sites is 2. The average Bonchev–Trinajstić information content (AvgIpc) is 3.37. The van der Waals surface area contributed by atoms with E-state index in [4.69, 9.17) is 0 Å². The van der Waals surface area contributed by atoms with E-state index in [9.17, 15) is 4.79 Å². The van der Waals surface area contributed by atoms with E-state index < -0.39 is 0 Å². The van der Waals surface area contributed by atoms with Crippen LogP contribution in [0.15, 0.2) is 46.8 Å². The number of imidazole rings is 1. The van der Waals surface area contributed by atoms with Crippen molar-refractivity contribution < 1.29 is 4.79 Å². The van der Waals surface area contributed by atoms with Crippen molar-refractivity contribution in [1.29, 1.82) is 0 Å². The van der Waals surface area contributed by atoms with E-state index in [1.807, 2.05) is 42.5 Å². The Hall–Kier alpha value is -2.82. The molecule has 0 aliphatic rings. The van der Waals surface area contributed by atoms with Crippen LogP contribution in [0, 0.1) is 11.8 Å². The number of aryl methyl sites for hydroxylation is 1. The quantitative estimate of drug-likeness (QED) is 0.196. The summed E-state index contributed by atoms with van der Waals surface area (Å²) in [7, 11) is 0. The normalized spacial score (nSPS) is 10.9. The van der Waals surface area contributed by atoms with E-state index in [1.54, 1.807) is 23.1 Å². The van der Waals surface area contributed by atoms with Crippen LogP contribution >= 0.6 is 23.1 Å². The standard InChI is InChI=1S/C24H24N4OS2/c1-2-3-4-5-8-15-30-24-28-20-12-11-17(16-21(20)31-24)25-23(29)14-13-22-26-18-9-6-7-10-19(18)27-22/h6-7,9-12,16H,2-3,8,13-15H2,1H3,(H,25,29)(H,26,27). The largest absolute Gasteiger partial charge is 0.342 e. The Kier molecular flexibility index (Phi) is 7.23. The molecule has 0 aliphatic carbocycles. The monoisotopic (exact) mass is 448 g/mol. The molecule has 0 atom stereocenters. The first-order chi connectivity index (χ1) is 15.2. The second-order valence-electron chi connectivity index (χ2n) is 7.11. The second kappa shape index (κ2) is 10.5. The smallest absolute Gasteiger partial charge is 0.224 e. The number of thiazole rings is 1. The summed E-state index contributed by atoms with van der Waals surface area (Å²) in [5.74, 6) is 8.13. The number of carbonyl (C=O) groups excluding carboxylic acids is 1. The number of rotatable bonds is 8. The van der Waals surface area contributed by atoms with Crippen LogP contribution in [0.25, 0.3) is 21.3 Å². The minimum Gasteiger partial charge on any atom is -0.342 e. The zero-order valence-electron chi connectivity index (χ0n) is 17.4. The molecule has 2 N–H and O–H groups in total. The number of H-pyrrole nitrogens is 1. The maximum absolute atomic E-state index is 12.4. The highest BCUT2D eigenvalue weighted by Crippen LogP contribution is 2.31. The van der Waals surface area contributed by atoms with Crippen molar-refractivity contribution in [3.63, 3.8) is 0 Å². The minimum absolute atomic E-state index is 0.0235. The fourth-order valence-corrected chi connectivity index (χ4v) is 5.15. The molecule has 4 rings (SSSR count). The molecule has 1 amide bonds. The number of hydrogen-bond donors (Lipinski definition) is 2. The van der Waals surface area contributed by atoms with Gasteiger partial charge in [0.15, 0.2) is 4.34 Å². The molecule has 7 heteroatoms. The first kappa shape index (κ1) is 21.4. The zero-order chi connectivity index (χ0) is 21.5. The van der Waals surface area contributed by atoms with Crippen molar-refractivity contribution >= 4 is 55.9 Å². The first-order valence-corrected chi connectivity index (χ1v) is 12.2. The van der Waals surface area contributed by atoms with E-state index in [2.05, 4.69) is 39.0 Å². The number of unbranched alkanes of at least 4 members (excludes halogenated alkanes) is 1. The van der Waals surface area contributed by atoms with Crippen molar-refractivity contribution in [1.82, 2.24) is 15.0 Å². The lowest BCUT2D eigenvalue weighted by atomic mass is 10.2. The number of hydrogen-bond acceptors (Lipinski definition) is 5. The van der Waals surface area contributed by atoms with Gasteiger partial charge < -0.3 is 10.3 Å². The number of benzene rings is 2. The Morgan fingerprint density at radius 3 is 2.87 bits per heavy atom. The molecule has 4 aromatic rings. The number of thioether (sulfide) groups is 1. The highest BCUT2D eigenvalue weighted by atomic mass is 32.2. The summed E-state index contributed by atoms with van der Waals surface area (Å²) >= 11 is 3.40. The first-order valence-electron chi connectivity index (χ1n) is 10.4. The topological polar surface area (TPSA) is 70.7 Å². The molecule has 158 valence electrons. The lowest BCUT2D eigenvalue weighted by Gasteiger charge is -2.04. The molecule has 0 radical (unpaired) electrons. The summed E-state index contributed by atoms with van der Waals surface area (Å²) in [6.07, 6.45) is 3.91. The lowest BCUT2D eigenvalue weighted by molar-refractivity contribution is -0.116. The third-order valence-corrected chi connectivity index (χ3v) is 6.80. The Balaban J connectivity index is 1.30. The molecule has 0 saturated heterocycles. The van der Waals surface area contributed by atoms with Gasteiger partial charge in [-0.2, -0.15) is 0 Å². The molecule has 5 nitrogen and oxygen atoms in total. The van der Waals surface area contributed by atoms with Gasteiger partial charge in [0.05, 0.1) is 21.3 Å². The minimum atomic E-state index is -0.0235. The van der Waals surface area contributed by atoms with Crippen molar-refractivity contribution in [2.75, 3.05) is 11.1 Å². The molecule has 0 saturated carbocycles. The second-order valence-corrected chi connectivity index (χ2v) is 9.49. The van der Waals surface area contributed by atoms with Crippen molar-refractivity contribution in [2.24, 2.45) is 0 Å². The van der Waals surface area contributed by atoms with Crippen LogP contribution in [0.5, 0.6) is 0 Å². The van der Waals surface area contributed by atoms with Gasteiger partial charge in [-0.1, -0.05) is 30.8 Å². The van der Waals surface area contributed by atoms with E-state index in [0.717, 1.165) is 62.1 Å². The van der Waals surface area contributed by atoms with Crippen molar-refractivity contribution in [2.45, 2.75) is 43.4 Å². The number of anilines is 1. The van der Waals surface area contributed by atoms with Gasteiger partial charge in [-0.15, -0.1) is 23.2 Å². The predicted octanol–water partition coefficient (Wildman–Crippen LogP) is 6.03. The van der Waals surface area contributed by atoms with Gasteiger partial charge in [-0.25, -0.2) is 9.97 Å². The summed E-state index contributed by atoms with van der Waals surface area (Å²) < 4.78 is 2.12. The molecule has 0 bridgehead atoms. The Morgan fingerprint density at radius 1 is 1.13 bits per heavy atom. The number of amides is 1. The highest BCUT2D eigenvalue weighted by molar-refractivity contribution is 8.01. The molecule has 2 aromatic heterocycles.